The Morgan fingerprint density at radius 2 is 2.04 bits per heavy atom. The predicted molar refractivity (Wildman–Crippen MR) is 94.7 cm³/mol. The number of methoxy groups -OCH3 is 1. The molecule has 0 unspecified atom stereocenters. The maximum absolute atomic E-state index is 5.73. The highest BCUT2D eigenvalue weighted by Crippen LogP contribution is 2.30. The minimum Gasteiger partial charge on any atom is -0.496 e. The smallest absolute Gasteiger partial charge is 0.277 e. The van der Waals surface area contributed by atoms with Crippen molar-refractivity contribution in [2.75, 3.05) is 7.11 Å². The third kappa shape index (κ3) is 3.95. The molecule has 118 valence electrons. The van der Waals surface area contributed by atoms with Crippen LogP contribution in [0.4, 0.5) is 0 Å². The van der Waals surface area contributed by atoms with E-state index in [2.05, 4.69) is 26.1 Å². The molecule has 0 amide bonds. The van der Waals surface area contributed by atoms with Crippen molar-refractivity contribution in [2.45, 2.75) is 17.9 Å². The fraction of sp³-hybridized carbons (Fsp3) is 0.176. The van der Waals surface area contributed by atoms with Gasteiger partial charge in [0.15, 0.2) is 0 Å². The van der Waals surface area contributed by atoms with Crippen LogP contribution in [0.25, 0.3) is 11.5 Å². The van der Waals surface area contributed by atoms with Gasteiger partial charge in [-0.3, -0.25) is 0 Å². The molecular weight excluding hydrogens is 376 g/mol. The summed E-state index contributed by atoms with van der Waals surface area (Å²) in [6.07, 6.45) is 0. The maximum Gasteiger partial charge on any atom is 0.277 e. The zero-order chi connectivity index (χ0) is 16.2. The first-order chi connectivity index (χ1) is 11.2. The van der Waals surface area contributed by atoms with E-state index in [1.54, 1.807) is 7.11 Å². The molecule has 0 fully saturated rings. The fourth-order valence-corrected chi connectivity index (χ4v) is 3.40. The molecule has 1 heterocycles. The van der Waals surface area contributed by atoms with Crippen molar-refractivity contribution >= 4 is 27.7 Å². The average molecular weight is 391 g/mol. The summed E-state index contributed by atoms with van der Waals surface area (Å²) in [4.78, 5) is 0. The molecule has 3 rings (SSSR count). The number of aryl methyl sites for hydroxylation is 1. The van der Waals surface area contributed by atoms with Crippen molar-refractivity contribution in [3.8, 4) is 17.2 Å². The number of nitrogens with zero attached hydrogens (tertiary/aromatic N) is 2. The topological polar surface area (TPSA) is 48.2 Å². The van der Waals surface area contributed by atoms with E-state index in [0.717, 1.165) is 32.7 Å². The highest BCUT2D eigenvalue weighted by Gasteiger charge is 2.10. The third-order valence-corrected chi connectivity index (χ3v) is 4.76. The second-order valence-corrected chi connectivity index (χ2v) is 6.78. The zero-order valence-corrected chi connectivity index (χ0v) is 15.1. The van der Waals surface area contributed by atoms with Crippen LogP contribution in [0.5, 0.6) is 5.75 Å². The van der Waals surface area contributed by atoms with E-state index < -0.39 is 0 Å². The first kappa shape index (κ1) is 16.1. The Balaban J connectivity index is 1.69. The minimum absolute atomic E-state index is 0.548. The van der Waals surface area contributed by atoms with Crippen LogP contribution in [0, 0.1) is 6.92 Å². The van der Waals surface area contributed by atoms with Crippen molar-refractivity contribution in [3.05, 3.63) is 58.1 Å². The summed E-state index contributed by atoms with van der Waals surface area (Å²) in [6.45, 7) is 2.04. The molecule has 3 aromatic rings. The van der Waals surface area contributed by atoms with Gasteiger partial charge in [-0.15, -0.1) is 10.2 Å². The lowest BCUT2D eigenvalue weighted by molar-refractivity contribution is 0.412. The molecular formula is C17H15BrN2O2S. The number of hydrogen-bond donors (Lipinski definition) is 0. The molecule has 0 saturated carbocycles. The molecule has 0 aliphatic heterocycles. The van der Waals surface area contributed by atoms with Gasteiger partial charge in [0, 0.05) is 11.3 Å². The van der Waals surface area contributed by atoms with E-state index in [1.165, 1.54) is 11.8 Å². The number of halogens is 1. The second-order valence-electron chi connectivity index (χ2n) is 5.00. The van der Waals surface area contributed by atoms with Gasteiger partial charge in [0.05, 0.1) is 11.6 Å². The Hall–Kier alpha value is -1.79. The van der Waals surface area contributed by atoms with Gasteiger partial charge in [0.1, 0.15) is 5.75 Å². The van der Waals surface area contributed by atoms with Gasteiger partial charge in [-0.1, -0.05) is 35.5 Å². The SMILES string of the molecule is COc1ccc(CSc2nnc(-c3cccc(C)c3)o2)cc1Br. The van der Waals surface area contributed by atoms with Gasteiger partial charge < -0.3 is 9.15 Å². The maximum atomic E-state index is 5.73. The lowest BCUT2D eigenvalue weighted by Gasteiger charge is -2.05. The van der Waals surface area contributed by atoms with E-state index in [-0.39, 0.29) is 0 Å². The molecule has 0 aliphatic carbocycles. The molecule has 23 heavy (non-hydrogen) atoms. The molecule has 0 radical (unpaired) electrons. The van der Waals surface area contributed by atoms with Crippen LogP contribution in [0.15, 0.2) is 56.6 Å². The van der Waals surface area contributed by atoms with Crippen LogP contribution < -0.4 is 4.74 Å². The van der Waals surface area contributed by atoms with Crippen LogP contribution in [0.2, 0.25) is 0 Å². The predicted octanol–water partition coefficient (Wildman–Crippen LogP) is 5.11. The van der Waals surface area contributed by atoms with Crippen molar-refractivity contribution < 1.29 is 9.15 Å². The van der Waals surface area contributed by atoms with Gasteiger partial charge in [0.2, 0.25) is 5.89 Å². The van der Waals surface area contributed by atoms with E-state index in [9.17, 15) is 0 Å². The van der Waals surface area contributed by atoms with Crippen molar-refractivity contribution in [1.29, 1.82) is 0 Å². The van der Waals surface area contributed by atoms with Crippen molar-refractivity contribution in [3.63, 3.8) is 0 Å². The van der Waals surface area contributed by atoms with Gasteiger partial charge in [-0.25, -0.2) is 0 Å². The Morgan fingerprint density at radius 1 is 1.17 bits per heavy atom. The molecule has 0 spiro atoms. The lowest BCUT2D eigenvalue weighted by Crippen LogP contribution is -1.86. The number of rotatable bonds is 5. The van der Waals surface area contributed by atoms with Crippen LogP contribution >= 0.6 is 27.7 Å². The largest absolute Gasteiger partial charge is 0.496 e. The summed E-state index contributed by atoms with van der Waals surface area (Å²) in [7, 11) is 1.65. The minimum atomic E-state index is 0.548. The van der Waals surface area contributed by atoms with E-state index in [1.807, 2.05) is 49.4 Å². The van der Waals surface area contributed by atoms with Crippen molar-refractivity contribution in [2.24, 2.45) is 0 Å². The first-order valence-electron chi connectivity index (χ1n) is 7.01. The monoisotopic (exact) mass is 390 g/mol. The summed E-state index contributed by atoms with van der Waals surface area (Å²) in [5.74, 6) is 2.11. The highest BCUT2D eigenvalue weighted by molar-refractivity contribution is 9.10. The Morgan fingerprint density at radius 3 is 2.78 bits per heavy atom. The lowest BCUT2D eigenvalue weighted by atomic mass is 10.1. The summed E-state index contributed by atoms with van der Waals surface area (Å²) < 4.78 is 11.9. The second kappa shape index (κ2) is 7.19. The third-order valence-electron chi connectivity index (χ3n) is 3.25. The number of ether oxygens (including phenoxy) is 1. The number of aromatic nitrogens is 2. The molecule has 4 nitrogen and oxygen atoms in total. The first-order valence-corrected chi connectivity index (χ1v) is 8.79. The molecule has 0 saturated heterocycles. The normalized spacial score (nSPS) is 10.7. The standard InChI is InChI=1S/C17H15BrN2O2S/c1-11-4-3-5-13(8-11)16-19-20-17(22-16)23-10-12-6-7-15(21-2)14(18)9-12/h3-9H,10H2,1-2H3. The Kier molecular flexibility index (Phi) is 5.03. The van der Waals surface area contributed by atoms with Gasteiger partial charge >= 0.3 is 0 Å². The fourth-order valence-electron chi connectivity index (χ4n) is 2.11. The molecule has 2 aromatic carbocycles. The van der Waals surface area contributed by atoms with Crippen LogP contribution in [-0.2, 0) is 5.75 Å². The Bertz CT molecular complexity index is 820. The molecule has 0 N–H and O–H groups in total. The molecule has 6 heteroatoms. The highest BCUT2D eigenvalue weighted by atomic mass is 79.9. The van der Waals surface area contributed by atoms with Crippen LogP contribution in [0.3, 0.4) is 0 Å². The summed E-state index contributed by atoms with van der Waals surface area (Å²) >= 11 is 5.00. The molecule has 1 aromatic heterocycles. The Labute approximate surface area is 147 Å². The average Bonchev–Trinajstić information content (AvgIpc) is 3.02. The zero-order valence-electron chi connectivity index (χ0n) is 12.7. The molecule has 0 aliphatic rings. The van der Waals surface area contributed by atoms with Crippen LogP contribution in [0.1, 0.15) is 11.1 Å². The molecule has 0 bridgehead atoms. The van der Waals surface area contributed by atoms with E-state index in [4.69, 9.17) is 9.15 Å². The number of hydrogen-bond acceptors (Lipinski definition) is 5. The molecule has 0 atom stereocenters. The number of thioether (sulfide) groups is 1. The van der Waals surface area contributed by atoms with Crippen molar-refractivity contribution in [1.82, 2.24) is 10.2 Å². The van der Waals surface area contributed by atoms with Gasteiger partial charge in [-0.05, 0) is 52.7 Å². The quantitative estimate of drug-likeness (QED) is 0.566. The van der Waals surface area contributed by atoms with E-state index >= 15 is 0 Å². The van der Waals surface area contributed by atoms with Gasteiger partial charge in [0.25, 0.3) is 5.22 Å². The number of benzene rings is 2. The van der Waals surface area contributed by atoms with E-state index in [0.29, 0.717) is 11.1 Å². The summed E-state index contributed by atoms with van der Waals surface area (Å²) in [5, 5.41) is 8.78. The summed E-state index contributed by atoms with van der Waals surface area (Å²) in [6, 6.07) is 14.0. The van der Waals surface area contributed by atoms with Gasteiger partial charge in [-0.2, -0.15) is 0 Å². The van der Waals surface area contributed by atoms with Crippen LogP contribution in [-0.4, -0.2) is 17.3 Å². The summed E-state index contributed by atoms with van der Waals surface area (Å²) in [5.41, 5.74) is 3.26.